The molecule has 0 radical (unpaired) electrons. The molecule has 0 N–H and O–H groups in total. The number of rotatable bonds is 2. The Kier molecular flexibility index (Phi) is 3.23. The van der Waals surface area contributed by atoms with Gasteiger partial charge in [0.05, 0.1) is 17.4 Å². The Morgan fingerprint density at radius 1 is 1.43 bits per heavy atom. The van der Waals surface area contributed by atoms with Gasteiger partial charge in [0.1, 0.15) is 0 Å². The number of aromatic nitrogens is 1. The topological polar surface area (TPSA) is 39.2 Å². The number of pyridine rings is 1. The molecule has 0 bridgehead atoms. The molecule has 3 heteroatoms. The lowest BCUT2D eigenvalue weighted by Crippen LogP contribution is -2.14. The molecule has 0 atom stereocenters. The molecule has 0 saturated carbocycles. The van der Waals surface area contributed by atoms with Gasteiger partial charge in [-0.1, -0.05) is 0 Å². The van der Waals surface area contributed by atoms with Crippen LogP contribution in [-0.4, -0.2) is 17.1 Å². The highest BCUT2D eigenvalue weighted by molar-refractivity contribution is 5.92. The van der Waals surface area contributed by atoms with Crippen molar-refractivity contribution in [3.8, 4) is 0 Å². The molecule has 14 heavy (non-hydrogen) atoms. The molecule has 3 nitrogen and oxygen atoms in total. The maximum atomic E-state index is 11.6. The van der Waals surface area contributed by atoms with Crippen molar-refractivity contribution in [2.24, 2.45) is 0 Å². The Morgan fingerprint density at radius 2 is 2.07 bits per heavy atom. The van der Waals surface area contributed by atoms with Crippen molar-refractivity contribution in [3.05, 3.63) is 29.1 Å². The van der Waals surface area contributed by atoms with Crippen LogP contribution in [-0.2, 0) is 4.74 Å². The third kappa shape index (κ3) is 2.31. The normalized spacial score (nSPS) is 10.4. The minimum Gasteiger partial charge on any atom is -0.459 e. The molecule has 0 unspecified atom stereocenters. The van der Waals surface area contributed by atoms with E-state index >= 15 is 0 Å². The van der Waals surface area contributed by atoms with Crippen molar-refractivity contribution in [2.45, 2.75) is 33.8 Å². The summed E-state index contributed by atoms with van der Waals surface area (Å²) in [6, 6.07) is 1.81. The van der Waals surface area contributed by atoms with Gasteiger partial charge >= 0.3 is 5.97 Å². The first kappa shape index (κ1) is 10.7. The van der Waals surface area contributed by atoms with Crippen LogP contribution in [0.2, 0.25) is 0 Å². The van der Waals surface area contributed by atoms with Crippen molar-refractivity contribution in [1.82, 2.24) is 4.98 Å². The van der Waals surface area contributed by atoms with Crippen molar-refractivity contribution in [1.29, 1.82) is 0 Å². The quantitative estimate of drug-likeness (QED) is 0.676. The Labute approximate surface area is 84.1 Å². The summed E-state index contributed by atoms with van der Waals surface area (Å²) in [5.41, 5.74) is 2.21. The number of carbonyl (C=O) groups is 1. The van der Waals surface area contributed by atoms with Crippen LogP contribution >= 0.6 is 0 Å². The summed E-state index contributed by atoms with van der Waals surface area (Å²) in [4.78, 5) is 15.7. The number of aryl methyl sites for hydroxylation is 2. The minimum atomic E-state index is -0.289. The fraction of sp³-hybridized carbons (Fsp3) is 0.455. The largest absolute Gasteiger partial charge is 0.459 e. The van der Waals surface area contributed by atoms with Gasteiger partial charge in [-0.25, -0.2) is 4.79 Å². The van der Waals surface area contributed by atoms with Crippen LogP contribution in [0.4, 0.5) is 0 Å². The summed E-state index contributed by atoms with van der Waals surface area (Å²) in [5, 5.41) is 0. The molecule has 0 aliphatic rings. The summed E-state index contributed by atoms with van der Waals surface area (Å²) < 4.78 is 5.12. The first-order valence-corrected chi connectivity index (χ1v) is 4.65. The van der Waals surface area contributed by atoms with E-state index in [2.05, 4.69) is 4.98 Å². The third-order valence-corrected chi connectivity index (χ3v) is 1.90. The van der Waals surface area contributed by atoms with Crippen LogP contribution in [0.15, 0.2) is 12.3 Å². The Morgan fingerprint density at radius 3 is 2.57 bits per heavy atom. The summed E-state index contributed by atoms with van der Waals surface area (Å²) in [7, 11) is 0. The predicted molar refractivity (Wildman–Crippen MR) is 54.3 cm³/mol. The molecule has 0 spiro atoms. The van der Waals surface area contributed by atoms with E-state index in [4.69, 9.17) is 4.74 Å². The predicted octanol–water partition coefficient (Wildman–Crippen LogP) is 2.26. The summed E-state index contributed by atoms with van der Waals surface area (Å²) in [6.45, 7) is 7.35. The number of carbonyl (C=O) groups excluding carboxylic acids is 1. The van der Waals surface area contributed by atoms with Gasteiger partial charge in [0.25, 0.3) is 0 Å². The molecule has 0 aliphatic heterocycles. The maximum Gasteiger partial charge on any atom is 0.340 e. The summed E-state index contributed by atoms with van der Waals surface area (Å²) >= 11 is 0. The molecule has 0 aromatic carbocycles. The van der Waals surface area contributed by atoms with Crippen molar-refractivity contribution in [2.75, 3.05) is 0 Å². The van der Waals surface area contributed by atoms with Crippen LogP contribution in [0.25, 0.3) is 0 Å². The van der Waals surface area contributed by atoms with E-state index in [0.29, 0.717) is 5.56 Å². The molecule has 1 heterocycles. The molecule has 1 aromatic heterocycles. The van der Waals surface area contributed by atoms with Gasteiger partial charge in [-0.15, -0.1) is 0 Å². The van der Waals surface area contributed by atoms with E-state index in [-0.39, 0.29) is 12.1 Å². The summed E-state index contributed by atoms with van der Waals surface area (Å²) in [6.07, 6.45) is 1.60. The molecule has 1 aromatic rings. The number of hydrogen-bond acceptors (Lipinski definition) is 3. The second kappa shape index (κ2) is 4.22. The van der Waals surface area contributed by atoms with Gasteiger partial charge in [-0.2, -0.15) is 0 Å². The number of ether oxygens (including phenoxy) is 1. The van der Waals surface area contributed by atoms with Gasteiger partial charge in [-0.3, -0.25) is 4.98 Å². The van der Waals surface area contributed by atoms with Crippen molar-refractivity contribution in [3.63, 3.8) is 0 Å². The van der Waals surface area contributed by atoms with Gasteiger partial charge in [0.15, 0.2) is 0 Å². The van der Waals surface area contributed by atoms with Crippen LogP contribution in [0.3, 0.4) is 0 Å². The van der Waals surface area contributed by atoms with Crippen molar-refractivity contribution < 1.29 is 9.53 Å². The van der Waals surface area contributed by atoms with Gasteiger partial charge in [0.2, 0.25) is 0 Å². The van der Waals surface area contributed by atoms with Crippen LogP contribution in [0.5, 0.6) is 0 Å². The fourth-order valence-corrected chi connectivity index (χ4v) is 1.28. The van der Waals surface area contributed by atoms with Crippen molar-refractivity contribution >= 4 is 5.97 Å². The number of hydrogen-bond donors (Lipinski definition) is 0. The second-order valence-electron chi connectivity index (χ2n) is 3.54. The SMILES string of the molecule is Cc1ccnc(C)c1C(=O)OC(C)C. The first-order valence-electron chi connectivity index (χ1n) is 4.65. The monoisotopic (exact) mass is 193 g/mol. The highest BCUT2D eigenvalue weighted by Gasteiger charge is 2.15. The van der Waals surface area contributed by atoms with E-state index in [1.807, 2.05) is 33.8 Å². The average Bonchev–Trinajstić information content (AvgIpc) is 2.01. The maximum absolute atomic E-state index is 11.6. The molecule has 0 fully saturated rings. The highest BCUT2D eigenvalue weighted by Crippen LogP contribution is 2.12. The molecule has 76 valence electrons. The molecular formula is C11H15NO2. The van der Waals surface area contributed by atoms with Gasteiger partial charge < -0.3 is 4.74 Å². The zero-order chi connectivity index (χ0) is 10.7. The average molecular weight is 193 g/mol. The Bertz CT molecular complexity index is 325. The Hall–Kier alpha value is -1.38. The van der Waals surface area contributed by atoms with Gasteiger partial charge in [0, 0.05) is 6.20 Å². The second-order valence-corrected chi connectivity index (χ2v) is 3.54. The molecule has 0 aliphatic carbocycles. The first-order chi connectivity index (χ1) is 6.52. The van der Waals surface area contributed by atoms with E-state index in [1.165, 1.54) is 0 Å². The van der Waals surface area contributed by atoms with Gasteiger partial charge in [-0.05, 0) is 39.3 Å². The number of nitrogens with zero attached hydrogens (tertiary/aromatic N) is 1. The molecule has 0 amide bonds. The van der Waals surface area contributed by atoms with Crippen LogP contribution < -0.4 is 0 Å². The lowest BCUT2D eigenvalue weighted by atomic mass is 10.1. The third-order valence-electron chi connectivity index (χ3n) is 1.90. The van der Waals surface area contributed by atoms with E-state index < -0.39 is 0 Å². The zero-order valence-corrected chi connectivity index (χ0v) is 9.00. The van der Waals surface area contributed by atoms with Crippen LogP contribution in [0, 0.1) is 13.8 Å². The molecule has 1 rings (SSSR count). The lowest BCUT2D eigenvalue weighted by molar-refractivity contribution is 0.0375. The summed E-state index contributed by atoms with van der Waals surface area (Å²) in [5.74, 6) is -0.289. The molecule has 0 saturated heterocycles. The van der Waals surface area contributed by atoms with Crippen LogP contribution in [0.1, 0.15) is 35.5 Å². The Balaban J connectivity index is 3.00. The van der Waals surface area contributed by atoms with E-state index in [1.54, 1.807) is 6.20 Å². The minimum absolute atomic E-state index is 0.0958. The molecular weight excluding hydrogens is 178 g/mol. The smallest absolute Gasteiger partial charge is 0.340 e. The van der Waals surface area contributed by atoms with E-state index in [0.717, 1.165) is 11.3 Å². The standard InChI is InChI=1S/C11H15NO2/c1-7(2)14-11(13)10-8(3)5-6-12-9(10)4/h5-7H,1-4H3. The zero-order valence-electron chi connectivity index (χ0n) is 9.00. The fourth-order valence-electron chi connectivity index (χ4n) is 1.28. The van der Waals surface area contributed by atoms with E-state index in [9.17, 15) is 4.79 Å². The highest BCUT2D eigenvalue weighted by atomic mass is 16.5. The lowest BCUT2D eigenvalue weighted by Gasteiger charge is -2.10. The number of esters is 1.